The van der Waals surface area contributed by atoms with Crippen LogP contribution < -0.4 is 5.11 Å². The van der Waals surface area contributed by atoms with Crippen molar-refractivity contribution in [3.05, 3.63) is 85.1 Å². The monoisotopic (exact) mass is 1080 g/mol. The van der Waals surface area contributed by atoms with Gasteiger partial charge in [0.15, 0.2) is 12.4 Å². The summed E-state index contributed by atoms with van der Waals surface area (Å²) in [7, 11) is 5.92. The molecule has 0 rings (SSSR count). The van der Waals surface area contributed by atoms with Gasteiger partial charge in [0.25, 0.3) is 0 Å². The molecule has 77 heavy (non-hydrogen) atoms. The minimum absolute atomic E-state index is 0.146. The average molecular weight is 1080 g/mol. The van der Waals surface area contributed by atoms with Crippen LogP contribution in [0.2, 0.25) is 0 Å². The van der Waals surface area contributed by atoms with Crippen LogP contribution in [0.3, 0.4) is 0 Å². The van der Waals surface area contributed by atoms with Crippen molar-refractivity contribution in [3.63, 3.8) is 0 Å². The zero-order valence-corrected chi connectivity index (χ0v) is 50.6. The summed E-state index contributed by atoms with van der Waals surface area (Å²) in [6.07, 6.45) is 75.0. The van der Waals surface area contributed by atoms with Crippen molar-refractivity contribution in [3.8, 4) is 0 Å². The molecule has 0 aromatic rings. The normalized spacial score (nSPS) is 13.3. The van der Waals surface area contributed by atoms with E-state index in [1.165, 1.54) is 148 Å². The Morgan fingerprint density at radius 3 is 1.12 bits per heavy atom. The van der Waals surface area contributed by atoms with Crippen molar-refractivity contribution in [1.82, 2.24) is 0 Å². The summed E-state index contributed by atoms with van der Waals surface area (Å²) in [6, 6.07) is 0. The maximum atomic E-state index is 12.9. The number of hydrogen-bond acceptors (Lipinski definition) is 8. The Balaban J connectivity index is 4.11. The number of ether oxygens (including phenoxy) is 4. The lowest BCUT2D eigenvalue weighted by Crippen LogP contribution is -2.44. The molecular weight excluding hydrogens is 959 g/mol. The summed E-state index contributed by atoms with van der Waals surface area (Å²) in [4.78, 5) is 37.3. The van der Waals surface area contributed by atoms with Crippen LogP contribution in [-0.2, 0) is 33.3 Å². The highest BCUT2D eigenvalue weighted by Gasteiger charge is 2.22. The first-order valence-corrected chi connectivity index (χ1v) is 31.7. The number of aliphatic carboxylic acids is 1. The minimum Gasteiger partial charge on any atom is -0.545 e. The number of allylic oxidation sites excluding steroid dienone is 14. The second kappa shape index (κ2) is 58.6. The van der Waals surface area contributed by atoms with Crippen LogP contribution in [0.15, 0.2) is 85.1 Å². The first-order chi connectivity index (χ1) is 37.6. The van der Waals surface area contributed by atoms with E-state index in [4.69, 9.17) is 18.9 Å². The number of likely N-dealkylation sites (N-methyl/N-ethyl adjacent to an activating group) is 1. The number of carboxylic acids is 1. The van der Waals surface area contributed by atoms with E-state index < -0.39 is 24.3 Å². The van der Waals surface area contributed by atoms with Gasteiger partial charge in [-0.2, -0.15) is 0 Å². The van der Waals surface area contributed by atoms with Crippen molar-refractivity contribution >= 4 is 17.9 Å². The van der Waals surface area contributed by atoms with E-state index in [1.807, 2.05) is 21.1 Å². The minimum atomic E-state index is -1.62. The maximum absolute atomic E-state index is 12.9. The molecule has 0 fully saturated rings. The number of nitrogens with zero attached hydrogens (tertiary/aromatic N) is 1. The van der Waals surface area contributed by atoms with Gasteiger partial charge in [0.2, 0.25) is 0 Å². The number of rotatable bonds is 58. The van der Waals surface area contributed by atoms with Gasteiger partial charge in [0.1, 0.15) is 13.2 Å². The lowest BCUT2D eigenvalue weighted by atomic mass is 10.0. The molecule has 0 aliphatic rings. The molecule has 2 unspecified atom stereocenters. The number of esters is 2. The Hall–Kier alpha value is -3.53. The van der Waals surface area contributed by atoms with Crippen molar-refractivity contribution in [2.75, 3.05) is 47.5 Å². The Bertz CT molecular complexity index is 1540. The van der Waals surface area contributed by atoms with Gasteiger partial charge in [-0.15, -0.1) is 0 Å². The first kappa shape index (κ1) is 73.5. The lowest BCUT2D eigenvalue weighted by molar-refractivity contribution is -0.870. The Kier molecular flexibility index (Phi) is 55.9. The molecular formula is C68H119NO8. The van der Waals surface area contributed by atoms with Gasteiger partial charge >= 0.3 is 11.9 Å². The zero-order chi connectivity index (χ0) is 56.2. The summed E-state index contributed by atoms with van der Waals surface area (Å²) in [5, 5.41) is 11.8. The number of carbonyl (C=O) groups is 3. The van der Waals surface area contributed by atoms with Gasteiger partial charge in [-0.25, -0.2) is 0 Å². The van der Waals surface area contributed by atoms with Gasteiger partial charge in [-0.1, -0.05) is 253 Å². The van der Waals surface area contributed by atoms with Crippen molar-refractivity contribution in [2.45, 2.75) is 283 Å². The molecule has 0 amide bonds. The molecule has 9 nitrogen and oxygen atoms in total. The van der Waals surface area contributed by atoms with Crippen LogP contribution in [0.25, 0.3) is 0 Å². The third-order valence-corrected chi connectivity index (χ3v) is 13.6. The summed E-state index contributed by atoms with van der Waals surface area (Å²) in [5.74, 6) is -2.28. The van der Waals surface area contributed by atoms with E-state index >= 15 is 0 Å². The lowest BCUT2D eigenvalue weighted by Gasteiger charge is -2.26. The maximum Gasteiger partial charge on any atom is 0.306 e. The van der Waals surface area contributed by atoms with Gasteiger partial charge in [0, 0.05) is 12.8 Å². The van der Waals surface area contributed by atoms with Crippen molar-refractivity contribution in [2.24, 2.45) is 0 Å². The topological polar surface area (TPSA) is 111 Å². The molecule has 0 saturated heterocycles. The molecule has 0 aliphatic heterocycles. The highest BCUT2D eigenvalue weighted by molar-refractivity contribution is 5.70. The second-order valence-corrected chi connectivity index (χ2v) is 22.3. The van der Waals surface area contributed by atoms with Gasteiger partial charge in [-0.05, 0) is 89.9 Å². The summed E-state index contributed by atoms with van der Waals surface area (Å²) in [6.45, 7) is 4.64. The molecule has 2 atom stereocenters. The summed E-state index contributed by atoms with van der Waals surface area (Å²) < 4.78 is 22.7. The first-order valence-electron chi connectivity index (χ1n) is 31.7. The van der Waals surface area contributed by atoms with E-state index in [0.717, 1.165) is 89.9 Å². The van der Waals surface area contributed by atoms with Crippen LogP contribution in [0.1, 0.15) is 271 Å². The fourth-order valence-corrected chi connectivity index (χ4v) is 8.77. The predicted molar refractivity (Wildman–Crippen MR) is 324 cm³/mol. The molecule has 0 spiro atoms. The molecule has 0 bridgehead atoms. The third kappa shape index (κ3) is 60.0. The molecule has 0 aliphatic carbocycles. The van der Waals surface area contributed by atoms with E-state index in [9.17, 15) is 19.5 Å². The Morgan fingerprint density at radius 2 is 0.740 bits per heavy atom. The fraction of sp³-hybridized carbons (Fsp3) is 0.750. The number of hydrogen-bond donors (Lipinski definition) is 0. The van der Waals surface area contributed by atoms with Crippen LogP contribution >= 0.6 is 0 Å². The van der Waals surface area contributed by atoms with E-state index in [2.05, 4.69) is 98.9 Å². The SMILES string of the molecule is CC/C=C\C/C=C\C/C=C\C/C=C\C/C=C\C/C=C\CCCCCCCCCCCCCCCCCCC(=O)OC(COC(=O)CCCCCCCCC/C=C\CCCCCCCC)COC(OCC[N+](C)(C)C)C(=O)[O-]. The zero-order valence-electron chi connectivity index (χ0n) is 50.6. The summed E-state index contributed by atoms with van der Waals surface area (Å²) >= 11 is 0. The molecule has 0 N–H and O–H groups in total. The highest BCUT2D eigenvalue weighted by atomic mass is 16.7. The van der Waals surface area contributed by atoms with Crippen molar-refractivity contribution in [1.29, 1.82) is 0 Å². The quantitative estimate of drug-likeness (QED) is 0.0195. The van der Waals surface area contributed by atoms with Crippen molar-refractivity contribution < 1.29 is 42.9 Å². The molecule has 0 heterocycles. The van der Waals surface area contributed by atoms with Gasteiger partial charge in [0.05, 0.1) is 40.3 Å². The average Bonchev–Trinajstić information content (AvgIpc) is 3.40. The van der Waals surface area contributed by atoms with Crippen LogP contribution in [0.4, 0.5) is 0 Å². The Morgan fingerprint density at radius 1 is 0.403 bits per heavy atom. The molecule has 444 valence electrons. The van der Waals surface area contributed by atoms with E-state index in [1.54, 1.807) is 0 Å². The number of carbonyl (C=O) groups excluding carboxylic acids is 3. The second-order valence-electron chi connectivity index (χ2n) is 22.3. The number of carboxylic acid groups (broad SMARTS) is 1. The van der Waals surface area contributed by atoms with Crippen LogP contribution in [0, 0.1) is 0 Å². The third-order valence-electron chi connectivity index (χ3n) is 13.6. The predicted octanol–water partition coefficient (Wildman–Crippen LogP) is 17.8. The summed E-state index contributed by atoms with van der Waals surface area (Å²) in [5.41, 5.74) is 0. The number of quaternary nitrogens is 1. The fourth-order valence-electron chi connectivity index (χ4n) is 8.77. The van der Waals surface area contributed by atoms with E-state index in [0.29, 0.717) is 17.4 Å². The van der Waals surface area contributed by atoms with Gasteiger partial charge in [-0.3, -0.25) is 9.59 Å². The Labute approximate surface area is 474 Å². The van der Waals surface area contributed by atoms with Crippen LogP contribution in [0.5, 0.6) is 0 Å². The van der Waals surface area contributed by atoms with Gasteiger partial charge < -0.3 is 33.3 Å². The molecule has 9 heteroatoms. The smallest absolute Gasteiger partial charge is 0.306 e. The molecule has 0 saturated carbocycles. The largest absolute Gasteiger partial charge is 0.545 e. The molecule has 0 aromatic carbocycles. The highest BCUT2D eigenvalue weighted by Crippen LogP contribution is 2.16. The molecule has 0 aromatic heterocycles. The standard InChI is InChI=1S/C68H119NO8/c1-6-8-10-12-14-16-18-20-22-24-25-26-27-28-29-30-31-32-33-34-35-36-37-38-39-40-41-43-45-47-49-51-53-55-57-59-66(71)77-64(63-76-68(67(72)73)74-61-60-69(3,4)5)62-75-65(70)58-56-54-52-50-48-46-44-42-23-21-19-17-15-13-11-9-7-2/h8,10,14,16,20-23,25-26,28-29,31-32,64,68H,6-7,9,11-13,15,17-19,24,27,30,33-63H2,1-5H3/b10-8-,16-14-,22-20-,23-21-,26-25-,29-28-,32-31-. The van der Waals surface area contributed by atoms with E-state index in [-0.39, 0.29) is 38.6 Å². The van der Waals surface area contributed by atoms with Crippen LogP contribution in [-0.4, -0.2) is 82.3 Å². The number of unbranched alkanes of at least 4 members (excludes halogenated alkanes) is 29. The molecule has 0 radical (unpaired) electrons.